The van der Waals surface area contributed by atoms with E-state index in [0.29, 0.717) is 12.8 Å². The zero-order valence-corrected chi connectivity index (χ0v) is 16.7. The fraction of sp³-hybridized carbons (Fsp3) is 0.364. The van der Waals surface area contributed by atoms with Gasteiger partial charge in [-0.15, -0.1) is 0 Å². The first-order chi connectivity index (χ1) is 15.0. The molecule has 2 N–H and O–H groups in total. The Morgan fingerprint density at radius 1 is 0.688 bits per heavy atom. The van der Waals surface area contributed by atoms with Crippen LogP contribution >= 0.6 is 0 Å². The molecule has 0 aromatic heterocycles. The van der Waals surface area contributed by atoms with Gasteiger partial charge in [0.2, 0.25) is 0 Å². The van der Waals surface area contributed by atoms with Gasteiger partial charge in [0.25, 0.3) is 0 Å². The van der Waals surface area contributed by atoms with Gasteiger partial charge < -0.3 is 10.2 Å². The normalized spacial score (nSPS) is 20.3. The third kappa shape index (κ3) is 5.41. The number of rotatable bonds is 4. The molecule has 1 aliphatic carbocycles. The largest absolute Gasteiger partial charge is 0.507 e. The molecule has 2 aromatic rings. The van der Waals surface area contributed by atoms with E-state index in [2.05, 4.69) is 9.98 Å². The van der Waals surface area contributed by atoms with Crippen LogP contribution in [-0.2, 0) is 12.4 Å². The molecule has 0 spiro atoms. The summed E-state index contributed by atoms with van der Waals surface area (Å²) in [5, 5.41) is 19.9. The number of hydrogen-bond donors (Lipinski definition) is 2. The summed E-state index contributed by atoms with van der Waals surface area (Å²) in [5.74, 6) is -1.85. The molecule has 0 aliphatic heterocycles. The lowest BCUT2D eigenvalue weighted by molar-refractivity contribution is -0.139. The van der Waals surface area contributed by atoms with E-state index in [1.165, 1.54) is 12.1 Å². The van der Waals surface area contributed by atoms with Gasteiger partial charge in [-0.3, -0.25) is 9.98 Å². The Bertz CT molecular complexity index is 933. The summed E-state index contributed by atoms with van der Waals surface area (Å²) in [6.07, 6.45) is -4.35. The van der Waals surface area contributed by atoms with Crippen molar-refractivity contribution in [2.45, 2.75) is 50.1 Å². The van der Waals surface area contributed by atoms with E-state index < -0.39 is 47.1 Å². The second kappa shape index (κ2) is 9.22. The number of para-hydroxylation sites is 2. The minimum absolute atomic E-state index is 0.0938. The van der Waals surface area contributed by atoms with Crippen LogP contribution in [0.25, 0.3) is 0 Å². The maximum absolute atomic E-state index is 13.0. The van der Waals surface area contributed by atoms with E-state index in [0.717, 1.165) is 49.5 Å². The monoisotopic (exact) mass is 458 g/mol. The van der Waals surface area contributed by atoms with Gasteiger partial charge in [0.1, 0.15) is 11.5 Å². The summed E-state index contributed by atoms with van der Waals surface area (Å²) in [7, 11) is 0. The van der Waals surface area contributed by atoms with Crippen molar-refractivity contribution >= 4 is 12.4 Å². The highest BCUT2D eigenvalue weighted by Gasteiger charge is 2.35. The quantitative estimate of drug-likeness (QED) is 0.437. The Morgan fingerprint density at radius 2 is 1.06 bits per heavy atom. The van der Waals surface area contributed by atoms with Crippen molar-refractivity contribution < 1.29 is 36.6 Å². The van der Waals surface area contributed by atoms with Crippen LogP contribution in [0.4, 0.5) is 26.3 Å². The molecule has 2 aromatic carbocycles. The molecule has 3 rings (SSSR count). The molecule has 1 fully saturated rings. The Hall–Kier alpha value is -3.04. The highest BCUT2D eigenvalue weighted by atomic mass is 19.4. The molecule has 1 aliphatic rings. The first-order valence-corrected chi connectivity index (χ1v) is 9.83. The Kier molecular flexibility index (Phi) is 6.80. The molecule has 0 radical (unpaired) electrons. The number of halogens is 6. The number of phenols is 2. The van der Waals surface area contributed by atoms with Crippen molar-refractivity contribution in [3.63, 3.8) is 0 Å². The summed E-state index contributed by atoms with van der Waals surface area (Å²) in [6.45, 7) is 0. The first kappa shape index (κ1) is 23.6. The number of benzene rings is 2. The summed E-state index contributed by atoms with van der Waals surface area (Å²) < 4.78 is 77.8. The van der Waals surface area contributed by atoms with Crippen molar-refractivity contribution in [2.75, 3.05) is 0 Å². The van der Waals surface area contributed by atoms with Gasteiger partial charge >= 0.3 is 12.4 Å². The standard InChI is InChI=1S/C22H20F6N2O2/c23-21(24,25)15-7-3-5-13(19(15)31)11-29-17-9-1-2-10-18(17)30-12-14-6-4-8-16(20(14)32)22(26,27)28/h3-8,11-12,17-18,31-32H,1-2,9-10H2. The molecule has 2 unspecified atom stereocenters. The molecule has 0 saturated heterocycles. The minimum Gasteiger partial charge on any atom is -0.507 e. The van der Waals surface area contributed by atoms with E-state index in [9.17, 15) is 36.6 Å². The van der Waals surface area contributed by atoms with Crippen LogP contribution in [0.3, 0.4) is 0 Å². The molecular weight excluding hydrogens is 438 g/mol. The average molecular weight is 458 g/mol. The van der Waals surface area contributed by atoms with E-state index in [1.807, 2.05) is 0 Å². The molecule has 2 atom stereocenters. The number of phenolic OH excluding ortho intramolecular Hbond substituents is 2. The van der Waals surface area contributed by atoms with Crippen LogP contribution in [0.1, 0.15) is 47.9 Å². The van der Waals surface area contributed by atoms with Crippen molar-refractivity contribution in [2.24, 2.45) is 9.98 Å². The third-order valence-corrected chi connectivity index (χ3v) is 5.25. The van der Waals surface area contributed by atoms with E-state index in [1.54, 1.807) is 0 Å². The molecule has 4 nitrogen and oxygen atoms in total. The molecule has 0 amide bonds. The van der Waals surface area contributed by atoms with Gasteiger partial charge in [-0.1, -0.05) is 25.0 Å². The van der Waals surface area contributed by atoms with Gasteiger partial charge in [-0.05, 0) is 37.1 Å². The molecule has 0 heterocycles. The number of hydrogen-bond acceptors (Lipinski definition) is 4. The SMILES string of the molecule is Oc1c(C=NC2CCCCC2N=Cc2cccc(C(F)(F)F)c2O)cccc1C(F)(F)F. The molecule has 0 bridgehead atoms. The molecule has 32 heavy (non-hydrogen) atoms. The zero-order valence-electron chi connectivity index (χ0n) is 16.7. The van der Waals surface area contributed by atoms with Crippen molar-refractivity contribution in [3.05, 3.63) is 58.7 Å². The third-order valence-electron chi connectivity index (χ3n) is 5.25. The summed E-state index contributed by atoms with van der Waals surface area (Å²) >= 11 is 0. The van der Waals surface area contributed by atoms with Gasteiger partial charge in [0.05, 0.1) is 23.2 Å². The molecule has 1 saturated carbocycles. The van der Waals surface area contributed by atoms with Crippen LogP contribution in [0, 0.1) is 0 Å². The Labute approximate surface area is 180 Å². The summed E-state index contributed by atoms with van der Waals surface area (Å²) in [6, 6.07) is 5.60. The van der Waals surface area contributed by atoms with Gasteiger partial charge in [-0.2, -0.15) is 26.3 Å². The highest BCUT2D eigenvalue weighted by Crippen LogP contribution is 2.38. The lowest BCUT2D eigenvalue weighted by Crippen LogP contribution is -2.27. The topological polar surface area (TPSA) is 65.2 Å². The second-order valence-corrected chi connectivity index (χ2v) is 7.46. The lowest BCUT2D eigenvalue weighted by atomic mass is 9.91. The summed E-state index contributed by atoms with van der Waals surface area (Å²) in [5.41, 5.74) is -2.52. The van der Waals surface area contributed by atoms with Crippen LogP contribution < -0.4 is 0 Å². The first-order valence-electron chi connectivity index (χ1n) is 9.83. The smallest absolute Gasteiger partial charge is 0.419 e. The van der Waals surface area contributed by atoms with Crippen molar-refractivity contribution in [3.8, 4) is 11.5 Å². The van der Waals surface area contributed by atoms with Crippen LogP contribution in [0.5, 0.6) is 11.5 Å². The lowest BCUT2D eigenvalue weighted by Gasteiger charge is -2.25. The second-order valence-electron chi connectivity index (χ2n) is 7.46. The van der Waals surface area contributed by atoms with Crippen molar-refractivity contribution in [1.82, 2.24) is 0 Å². The number of alkyl halides is 6. The van der Waals surface area contributed by atoms with Crippen LogP contribution in [0.15, 0.2) is 46.4 Å². The van der Waals surface area contributed by atoms with E-state index >= 15 is 0 Å². The van der Waals surface area contributed by atoms with Gasteiger partial charge in [0.15, 0.2) is 0 Å². The minimum atomic E-state index is -4.71. The van der Waals surface area contributed by atoms with Gasteiger partial charge in [-0.25, -0.2) is 0 Å². The predicted molar refractivity (Wildman–Crippen MR) is 107 cm³/mol. The predicted octanol–water partition coefficient (Wildman–Crippen LogP) is 5.98. The molecule has 10 heteroatoms. The Balaban J connectivity index is 1.82. The van der Waals surface area contributed by atoms with Gasteiger partial charge in [0, 0.05) is 23.6 Å². The fourth-order valence-corrected chi connectivity index (χ4v) is 3.58. The highest BCUT2D eigenvalue weighted by molar-refractivity contribution is 5.85. The Morgan fingerprint density at radius 3 is 1.41 bits per heavy atom. The van der Waals surface area contributed by atoms with Crippen LogP contribution in [-0.4, -0.2) is 34.7 Å². The van der Waals surface area contributed by atoms with Crippen molar-refractivity contribution in [1.29, 1.82) is 0 Å². The molecule has 172 valence electrons. The zero-order chi connectivity index (χ0) is 23.5. The summed E-state index contributed by atoms with van der Waals surface area (Å²) in [4.78, 5) is 8.60. The number of nitrogens with zero attached hydrogens (tertiary/aromatic N) is 2. The molecular formula is C22H20F6N2O2. The van der Waals surface area contributed by atoms with E-state index in [4.69, 9.17) is 0 Å². The maximum Gasteiger partial charge on any atom is 0.419 e. The number of aromatic hydroxyl groups is 2. The fourth-order valence-electron chi connectivity index (χ4n) is 3.58. The number of aliphatic imine (C=N–C) groups is 2. The van der Waals surface area contributed by atoms with Crippen LogP contribution in [0.2, 0.25) is 0 Å². The maximum atomic E-state index is 13.0. The van der Waals surface area contributed by atoms with E-state index in [-0.39, 0.29) is 11.1 Å². The average Bonchev–Trinajstić information content (AvgIpc) is 2.71.